The molecule has 1 aliphatic carbocycles. The summed E-state index contributed by atoms with van der Waals surface area (Å²) >= 11 is 0. The van der Waals surface area contributed by atoms with E-state index in [1.807, 2.05) is 6.07 Å². The van der Waals surface area contributed by atoms with Crippen molar-refractivity contribution in [1.29, 1.82) is 0 Å². The average Bonchev–Trinajstić information content (AvgIpc) is 2.34. The van der Waals surface area contributed by atoms with Gasteiger partial charge in [-0.1, -0.05) is 13.8 Å². The van der Waals surface area contributed by atoms with E-state index in [2.05, 4.69) is 19.2 Å². The molecular weight excluding hydrogens is 226 g/mol. The van der Waals surface area contributed by atoms with Gasteiger partial charge >= 0.3 is 0 Å². The highest BCUT2D eigenvalue weighted by molar-refractivity contribution is 5.54. The molecule has 1 aromatic carbocycles. The molecule has 0 spiro atoms. The number of hydrogen-bond donors (Lipinski definition) is 2. The highest BCUT2D eigenvalue weighted by Crippen LogP contribution is 2.33. The first kappa shape index (κ1) is 13.1. The van der Waals surface area contributed by atoms with E-state index in [1.165, 1.54) is 19.3 Å². The minimum absolute atomic E-state index is 0.194. The van der Waals surface area contributed by atoms with Crippen LogP contribution in [0.5, 0.6) is 11.5 Å². The van der Waals surface area contributed by atoms with Crippen molar-refractivity contribution in [2.75, 3.05) is 12.4 Å². The Bertz CT molecular complexity index is 405. The summed E-state index contributed by atoms with van der Waals surface area (Å²) in [7, 11) is 1.56. The topological polar surface area (TPSA) is 41.5 Å². The Morgan fingerprint density at radius 3 is 2.61 bits per heavy atom. The van der Waals surface area contributed by atoms with Gasteiger partial charge in [0.25, 0.3) is 0 Å². The number of phenolic OH excluding ortho intramolecular Hbond substituents is 1. The summed E-state index contributed by atoms with van der Waals surface area (Å²) in [6.45, 7) is 4.66. The number of aromatic hydroxyl groups is 1. The molecule has 0 heterocycles. The van der Waals surface area contributed by atoms with Crippen molar-refractivity contribution in [1.82, 2.24) is 0 Å². The highest BCUT2D eigenvalue weighted by atomic mass is 16.5. The molecule has 3 nitrogen and oxygen atoms in total. The van der Waals surface area contributed by atoms with Crippen molar-refractivity contribution in [2.45, 2.75) is 39.2 Å². The van der Waals surface area contributed by atoms with Crippen LogP contribution in [0.25, 0.3) is 0 Å². The molecule has 1 aliphatic rings. The highest BCUT2D eigenvalue weighted by Gasteiger charge is 2.24. The molecule has 100 valence electrons. The van der Waals surface area contributed by atoms with Crippen LogP contribution < -0.4 is 10.1 Å². The van der Waals surface area contributed by atoms with Gasteiger partial charge in [-0.25, -0.2) is 0 Å². The fourth-order valence-electron chi connectivity index (χ4n) is 2.69. The van der Waals surface area contributed by atoms with E-state index in [4.69, 9.17) is 4.74 Å². The minimum atomic E-state index is 0.194. The van der Waals surface area contributed by atoms with Crippen molar-refractivity contribution in [3.63, 3.8) is 0 Å². The molecule has 3 unspecified atom stereocenters. The van der Waals surface area contributed by atoms with Crippen LogP contribution in [0.4, 0.5) is 5.69 Å². The molecular formula is C15H23NO2. The van der Waals surface area contributed by atoms with Crippen LogP contribution in [-0.4, -0.2) is 18.3 Å². The van der Waals surface area contributed by atoms with Crippen molar-refractivity contribution in [3.8, 4) is 11.5 Å². The molecule has 0 radical (unpaired) electrons. The maximum absolute atomic E-state index is 9.75. The molecule has 0 aromatic heterocycles. The normalized spacial score (nSPS) is 27.8. The lowest BCUT2D eigenvalue weighted by Crippen LogP contribution is -2.30. The van der Waals surface area contributed by atoms with Crippen molar-refractivity contribution >= 4 is 5.69 Å². The molecule has 3 heteroatoms. The average molecular weight is 249 g/mol. The van der Waals surface area contributed by atoms with Gasteiger partial charge in [-0.05, 0) is 43.2 Å². The number of anilines is 1. The second-order valence-corrected chi connectivity index (χ2v) is 5.50. The first-order valence-electron chi connectivity index (χ1n) is 6.73. The van der Waals surface area contributed by atoms with Gasteiger partial charge in [-0.3, -0.25) is 0 Å². The smallest absolute Gasteiger partial charge is 0.160 e. The number of benzene rings is 1. The number of ether oxygens (including phenoxy) is 1. The number of hydrogen-bond acceptors (Lipinski definition) is 3. The number of methoxy groups -OCH3 is 1. The third-order valence-electron chi connectivity index (χ3n) is 4.15. The monoisotopic (exact) mass is 249 g/mol. The lowest BCUT2D eigenvalue weighted by Gasteiger charge is -2.33. The second kappa shape index (κ2) is 5.51. The zero-order chi connectivity index (χ0) is 13.1. The summed E-state index contributed by atoms with van der Waals surface area (Å²) in [6.07, 6.45) is 3.69. The number of phenols is 1. The second-order valence-electron chi connectivity index (χ2n) is 5.50. The molecule has 0 bridgehead atoms. The molecule has 18 heavy (non-hydrogen) atoms. The molecule has 0 saturated heterocycles. The van der Waals surface area contributed by atoms with Gasteiger partial charge in [0.05, 0.1) is 7.11 Å². The molecule has 2 rings (SSSR count). The summed E-state index contributed by atoms with van der Waals surface area (Å²) in [5.74, 6) is 2.31. The molecule has 0 aliphatic heterocycles. The largest absolute Gasteiger partial charge is 0.504 e. The fraction of sp³-hybridized carbons (Fsp3) is 0.600. The number of nitrogens with one attached hydrogen (secondary N) is 1. The Hall–Kier alpha value is -1.38. The molecule has 2 N–H and O–H groups in total. The van der Waals surface area contributed by atoms with Gasteiger partial charge in [0.1, 0.15) is 0 Å². The summed E-state index contributed by atoms with van der Waals surface area (Å²) in [5.41, 5.74) is 0.972. The lowest BCUT2D eigenvalue weighted by molar-refractivity contribution is 0.261. The maximum Gasteiger partial charge on any atom is 0.160 e. The minimum Gasteiger partial charge on any atom is -0.504 e. The summed E-state index contributed by atoms with van der Waals surface area (Å²) in [5, 5.41) is 13.3. The van der Waals surface area contributed by atoms with Gasteiger partial charge < -0.3 is 15.2 Å². The van der Waals surface area contributed by atoms with Crippen LogP contribution in [0, 0.1) is 11.8 Å². The Balaban J connectivity index is 1.99. The van der Waals surface area contributed by atoms with Crippen LogP contribution in [0.1, 0.15) is 33.1 Å². The molecule has 0 amide bonds. The Kier molecular flexibility index (Phi) is 4.00. The van der Waals surface area contributed by atoms with Crippen LogP contribution in [0.2, 0.25) is 0 Å². The van der Waals surface area contributed by atoms with Gasteiger partial charge in [0.2, 0.25) is 0 Å². The van der Waals surface area contributed by atoms with Gasteiger partial charge in [0.15, 0.2) is 11.5 Å². The van der Waals surface area contributed by atoms with E-state index in [1.54, 1.807) is 19.2 Å². The van der Waals surface area contributed by atoms with E-state index >= 15 is 0 Å². The van der Waals surface area contributed by atoms with E-state index in [-0.39, 0.29) is 5.75 Å². The van der Waals surface area contributed by atoms with Crippen LogP contribution in [0.15, 0.2) is 18.2 Å². The summed E-state index contributed by atoms with van der Waals surface area (Å²) in [4.78, 5) is 0. The zero-order valence-corrected chi connectivity index (χ0v) is 11.4. The predicted molar refractivity (Wildman–Crippen MR) is 74.2 cm³/mol. The van der Waals surface area contributed by atoms with Crippen LogP contribution >= 0.6 is 0 Å². The third kappa shape index (κ3) is 2.89. The third-order valence-corrected chi connectivity index (χ3v) is 4.15. The van der Waals surface area contributed by atoms with Crippen LogP contribution in [-0.2, 0) is 0 Å². The van der Waals surface area contributed by atoms with Crippen LogP contribution in [0.3, 0.4) is 0 Å². The molecule has 1 aromatic rings. The fourth-order valence-corrected chi connectivity index (χ4v) is 2.69. The first-order valence-corrected chi connectivity index (χ1v) is 6.73. The SMILES string of the molecule is COc1ccc(NC2CCC(C)C(C)C2)cc1O. The lowest BCUT2D eigenvalue weighted by atomic mass is 9.79. The Morgan fingerprint density at radius 2 is 2.00 bits per heavy atom. The van der Waals surface area contributed by atoms with Gasteiger partial charge in [-0.15, -0.1) is 0 Å². The van der Waals surface area contributed by atoms with E-state index in [0.717, 1.165) is 17.5 Å². The zero-order valence-electron chi connectivity index (χ0n) is 11.4. The van der Waals surface area contributed by atoms with E-state index < -0.39 is 0 Å². The quantitative estimate of drug-likeness (QED) is 0.859. The van der Waals surface area contributed by atoms with Gasteiger partial charge in [-0.2, -0.15) is 0 Å². The molecule has 1 fully saturated rings. The van der Waals surface area contributed by atoms with Gasteiger partial charge in [0, 0.05) is 17.8 Å². The Morgan fingerprint density at radius 1 is 1.22 bits per heavy atom. The van der Waals surface area contributed by atoms with Crippen molar-refractivity contribution in [3.05, 3.63) is 18.2 Å². The Labute approximate surface area is 109 Å². The maximum atomic E-state index is 9.75. The summed E-state index contributed by atoms with van der Waals surface area (Å²) < 4.78 is 5.04. The first-order chi connectivity index (χ1) is 8.60. The van der Waals surface area contributed by atoms with E-state index in [0.29, 0.717) is 11.8 Å². The van der Waals surface area contributed by atoms with Crippen molar-refractivity contribution < 1.29 is 9.84 Å². The standard InChI is InChI=1S/C15H23NO2/c1-10-4-5-12(8-11(10)2)16-13-6-7-15(18-3)14(17)9-13/h6-7,9-12,16-17H,4-5,8H2,1-3H3. The van der Waals surface area contributed by atoms with E-state index in [9.17, 15) is 5.11 Å². The predicted octanol–water partition coefficient (Wildman–Crippen LogP) is 3.64. The summed E-state index contributed by atoms with van der Waals surface area (Å²) in [6, 6.07) is 6.01. The number of rotatable bonds is 3. The molecule has 3 atom stereocenters. The van der Waals surface area contributed by atoms with Crippen molar-refractivity contribution in [2.24, 2.45) is 11.8 Å². The molecule has 1 saturated carbocycles.